The number of hydrogen-bond acceptors (Lipinski definition) is 6. The summed E-state index contributed by atoms with van der Waals surface area (Å²) in [5.41, 5.74) is 0.798. The molecular formula is C17H20N4O2S. The van der Waals surface area contributed by atoms with E-state index >= 15 is 0 Å². The fourth-order valence-electron chi connectivity index (χ4n) is 3.56. The van der Waals surface area contributed by atoms with Gasteiger partial charge in [-0.2, -0.15) is 0 Å². The molecule has 0 N–H and O–H groups in total. The van der Waals surface area contributed by atoms with Crippen molar-refractivity contribution in [1.29, 1.82) is 0 Å². The Balaban J connectivity index is 1.45. The van der Waals surface area contributed by atoms with Crippen molar-refractivity contribution in [3.63, 3.8) is 0 Å². The Morgan fingerprint density at radius 3 is 3.00 bits per heavy atom. The number of aromatic nitrogens is 3. The highest BCUT2D eigenvalue weighted by molar-refractivity contribution is 7.13. The van der Waals surface area contributed by atoms with Crippen LogP contribution in [0.15, 0.2) is 23.8 Å². The summed E-state index contributed by atoms with van der Waals surface area (Å²) in [5, 5.41) is 2.69. The molecule has 0 radical (unpaired) electrons. The van der Waals surface area contributed by atoms with Crippen molar-refractivity contribution in [3.8, 4) is 10.8 Å². The molecule has 2 aromatic rings. The first-order valence-corrected chi connectivity index (χ1v) is 9.32. The van der Waals surface area contributed by atoms with Crippen molar-refractivity contribution in [3.05, 3.63) is 29.5 Å². The number of fused-ring (bicyclic) bond motifs is 1. The molecule has 4 rings (SSSR count). The highest BCUT2D eigenvalue weighted by Crippen LogP contribution is 2.29. The molecule has 0 bridgehead atoms. The first kappa shape index (κ1) is 15.7. The summed E-state index contributed by atoms with van der Waals surface area (Å²) in [7, 11) is 0. The molecule has 126 valence electrons. The molecule has 1 amide bonds. The molecule has 1 saturated carbocycles. The Hall–Kier alpha value is -1.86. The third-order valence-corrected chi connectivity index (χ3v) is 5.58. The lowest BCUT2D eigenvalue weighted by atomic mass is 9.90. The summed E-state index contributed by atoms with van der Waals surface area (Å²) in [6.07, 6.45) is 8.47. The van der Waals surface area contributed by atoms with Gasteiger partial charge in [-0.25, -0.2) is 15.0 Å². The van der Waals surface area contributed by atoms with E-state index in [9.17, 15) is 4.79 Å². The molecule has 2 aliphatic rings. The Labute approximate surface area is 144 Å². The van der Waals surface area contributed by atoms with Gasteiger partial charge in [0.1, 0.15) is 0 Å². The lowest BCUT2D eigenvalue weighted by Crippen LogP contribution is -2.55. The molecule has 3 heterocycles. The highest BCUT2D eigenvalue weighted by Gasteiger charge is 2.36. The maximum atomic E-state index is 12.8. The molecule has 1 aliphatic heterocycles. The summed E-state index contributed by atoms with van der Waals surface area (Å²) >= 11 is 1.48. The molecule has 2 aromatic heterocycles. The number of morpholine rings is 1. The van der Waals surface area contributed by atoms with Crippen LogP contribution in [0.4, 0.5) is 0 Å². The van der Waals surface area contributed by atoms with Crippen LogP contribution < -0.4 is 0 Å². The van der Waals surface area contributed by atoms with E-state index in [0.717, 1.165) is 23.5 Å². The van der Waals surface area contributed by atoms with Crippen molar-refractivity contribution >= 4 is 17.2 Å². The molecule has 2 unspecified atom stereocenters. The summed E-state index contributed by atoms with van der Waals surface area (Å²) in [6.45, 7) is 1.34. The SMILES string of the molecule is O=C(Cc1csc(-c2ncccn2)n1)N1CCOC2CCCCC21. The minimum Gasteiger partial charge on any atom is -0.374 e. The van der Waals surface area contributed by atoms with Gasteiger partial charge in [-0.15, -0.1) is 11.3 Å². The van der Waals surface area contributed by atoms with E-state index in [1.807, 2.05) is 10.3 Å². The molecule has 1 saturated heterocycles. The van der Waals surface area contributed by atoms with Crippen LogP contribution >= 0.6 is 11.3 Å². The van der Waals surface area contributed by atoms with Crippen LogP contribution in [0.1, 0.15) is 31.4 Å². The quantitative estimate of drug-likeness (QED) is 0.855. The fraction of sp³-hybridized carbons (Fsp3) is 0.529. The van der Waals surface area contributed by atoms with Gasteiger partial charge in [0.05, 0.1) is 30.9 Å². The second-order valence-electron chi connectivity index (χ2n) is 6.24. The average molecular weight is 344 g/mol. The Morgan fingerprint density at radius 2 is 2.12 bits per heavy atom. The molecule has 0 spiro atoms. The minimum atomic E-state index is 0.154. The average Bonchev–Trinajstić information content (AvgIpc) is 3.10. The first-order chi connectivity index (χ1) is 11.8. The van der Waals surface area contributed by atoms with Crippen LogP contribution in [0.25, 0.3) is 10.8 Å². The maximum absolute atomic E-state index is 12.8. The molecular weight excluding hydrogens is 324 g/mol. The topological polar surface area (TPSA) is 68.2 Å². The van der Waals surface area contributed by atoms with Gasteiger partial charge in [-0.05, 0) is 18.9 Å². The lowest BCUT2D eigenvalue weighted by molar-refractivity contribution is -0.148. The zero-order valence-electron chi connectivity index (χ0n) is 13.4. The zero-order chi connectivity index (χ0) is 16.4. The van der Waals surface area contributed by atoms with Crippen molar-refractivity contribution in [2.24, 2.45) is 0 Å². The van der Waals surface area contributed by atoms with E-state index in [2.05, 4.69) is 15.0 Å². The minimum absolute atomic E-state index is 0.154. The smallest absolute Gasteiger partial charge is 0.229 e. The number of nitrogens with zero attached hydrogens (tertiary/aromatic N) is 4. The Kier molecular flexibility index (Phi) is 4.53. The number of amides is 1. The third kappa shape index (κ3) is 3.18. The van der Waals surface area contributed by atoms with E-state index in [0.29, 0.717) is 25.4 Å². The van der Waals surface area contributed by atoms with Gasteiger partial charge in [0.15, 0.2) is 10.8 Å². The lowest BCUT2D eigenvalue weighted by Gasteiger charge is -2.43. The zero-order valence-corrected chi connectivity index (χ0v) is 14.2. The van der Waals surface area contributed by atoms with Crippen molar-refractivity contribution in [1.82, 2.24) is 19.9 Å². The van der Waals surface area contributed by atoms with Crippen LogP contribution in [0, 0.1) is 0 Å². The number of hydrogen-bond donors (Lipinski definition) is 0. The number of carbonyl (C=O) groups is 1. The van der Waals surface area contributed by atoms with Crippen LogP contribution in [-0.4, -0.2) is 51.1 Å². The summed E-state index contributed by atoms with van der Waals surface area (Å²) in [4.78, 5) is 27.7. The van der Waals surface area contributed by atoms with E-state index in [4.69, 9.17) is 4.74 Å². The summed E-state index contributed by atoms with van der Waals surface area (Å²) in [6, 6.07) is 2.02. The number of rotatable bonds is 3. The van der Waals surface area contributed by atoms with Crippen molar-refractivity contribution in [2.45, 2.75) is 44.2 Å². The number of thiazole rings is 1. The largest absolute Gasteiger partial charge is 0.374 e. The van der Waals surface area contributed by atoms with Crippen LogP contribution in [0.3, 0.4) is 0 Å². The van der Waals surface area contributed by atoms with Gasteiger partial charge < -0.3 is 9.64 Å². The molecule has 0 aromatic carbocycles. The summed E-state index contributed by atoms with van der Waals surface area (Å²) < 4.78 is 5.85. The Bertz CT molecular complexity index is 704. The van der Waals surface area contributed by atoms with Gasteiger partial charge in [0.2, 0.25) is 5.91 Å². The van der Waals surface area contributed by atoms with Gasteiger partial charge in [-0.3, -0.25) is 4.79 Å². The molecule has 2 atom stereocenters. The second-order valence-corrected chi connectivity index (χ2v) is 7.10. The second kappa shape index (κ2) is 6.94. The van der Waals surface area contributed by atoms with Gasteiger partial charge >= 0.3 is 0 Å². The fourth-order valence-corrected chi connectivity index (χ4v) is 4.33. The molecule has 6 nitrogen and oxygen atoms in total. The number of carbonyl (C=O) groups excluding carboxylic acids is 1. The van der Waals surface area contributed by atoms with E-state index in [-0.39, 0.29) is 18.1 Å². The van der Waals surface area contributed by atoms with Crippen LogP contribution in [-0.2, 0) is 16.0 Å². The number of ether oxygens (including phenoxy) is 1. The Morgan fingerprint density at radius 1 is 1.29 bits per heavy atom. The van der Waals surface area contributed by atoms with Crippen LogP contribution in [0.5, 0.6) is 0 Å². The predicted octanol–water partition coefficient (Wildman–Crippen LogP) is 2.31. The molecule has 7 heteroatoms. The van der Waals surface area contributed by atoms with E-state index in [1.165, 1.54) is 24.2 Å². The molecule has 1 aliphatic carbocycles. The van der Waals surface area contributed by atoms with Crippen molar-refractivity contribution in [2.75, 3.05) is 13.2 Å². The maximum Gasteiger partial charge on any atom is 0.229 e. The normalized spacial score (nSPS) is 23.8. The monoisotopic (exact) mass is 344 g/mol. The van der Waals surface area contributed by atoms with Gasteiger partial charge in [-0.1, -0.05) is 12.8 Å². The summed E-state index contributed by atoms with van der Waals surface area (Å²) in [5.74, 6) is 0.765. The highest BCUT2D eigenvalue weighted by atomic mass is 32.1. The van der Waals surface area contributed by atoms with Crippen molar-refractivity contribution < 1.29 is 9.53 Å². The van der Waals surface area contributed by atoms with Gasteiger partial charge in [0.25, 0.3) is 0 Å². The third-order valence-electron chi connectivity index (χ3n) is 4.69. The first-order valence-electron chi connectivity index (χ1n) is 8.44. The van der Waals surface area contributed by atoms with Gasteiger partial charge in [0, 0.05) is 24.3 Å². The van der Waals surface area contributed by atoms with E-state index in [1.54, 1.807) is 18.5 Å². The van der Waals surface area contributed by atoms with E-state index < -0.39 is 0 Å². The molecule has 24 heavy (non-hydrogen) atoms. The van der Waals surface area contributed by atoms with Crippen LogP contribution in [0.2, 0.25) is 0 Å². The predicted molar refractivity (Wildman–Crippen MR) is 90.6 cm³/mol. The standard InChI is InChI=1S/C17H20N4O2S/c22-15(21-8-9-23-14-5-2-1-4-13(14)21)10-12-11-24-17(20-12)16-18-6-3-7-19-16/h3,6-7,11,13-14H,1-2,4-5,8-10H2. The molecule has 2 fully saturated rings.